The van der Waals surface area contributed by atoms with E-state index in [1.807, 2.05) is 0 Å². The lowest BCUT2D eigenvalue weighted by molar-refractivity contribution is 0.110. The first-order valence-electron chi connectivity index (χ1n) is 5.75. The number of ether oxygens (including phenoxy) is 1. The van der Waals surface area contributed by atoms with Crippen molar-refractivity contribution in [3.05, 3.63) is 11.1 Å². The van der Waals surface area contributed by atoms with Crippen molar-refractivity contribution in [2.24, 2.45) is 0 Å². The van der Waals surface area contributed by atoms with E-state index in [0.29, 0.717) is 12.8 Å². The minimum Gasteiger partial charge on any atom is -0.377 e. The summed E-state index contributed by atoms with van der Waals surface area (Å²) in [6, 6.07) is 0. The molecule has 0 amide bonds. The first-order chi connectivity index (χ1) is 7.54. The Kier molecular flexibility index (Phi) is 3.37. The van der Waals surface area contributed by atoms with Gasteiger partial charge in [-0.2, -0.15) is 8.42 Å². The second-order valence-electron chi connectivity index (χ2n) is 4.56. The molecule has 2 aliphatic rings. The summed E-state index contributed by atoms with van der Waals surface area (Å²) in [6.07, 6.45) is 5.06. The summed E-state index contributed by atoms with van der Waals surface area (Å²) in [5.74, 6) is 0. The van der Waals surface area contributed by atoms with Crippen LogP contribution in [-0.4, -0.2) is 31.4 Å². The summed E-state index contributed by atoms with van der Waals surface area (Å²) in [7, 11) is -2.28. The van der Waals surface area contributed by atoms with Crippen molar-refractivity contribution in [1.29, 1.82) is 0 Å². The van der Waals surface area contributed by atoms with Crippen LogP contribution in [0.15, 0.2) is 11.1 Å². The topological polar surface area (TPSA) is 63.6 Å². The summed E-state index contributed by atoms with van der Waals surface area (Å²) in [6.45, 7) is 0. The van der Waals surface area contributed by atoms with Gasteiger partial charge in [-0.3, -0.25) is 4.55 Å². The Hall–Kier alpha value is -0.390. The lowest BCUT2D eigenvalue weighted by atomic mass is 9.80. The van der Waals surface area contributed by atoms with Crippen LogP contribution in [0.3, 0.4) is 0 Å². The van der Waals surface area contributed by atoms with Crippen molar-refractivity contribution in [1.82, 2.24) is 0 Å². The highest BCUT2D eigenvalue weighted by molar-refractivity contribution is 7.86. The summed E-state index contributed by atoms with van der Waals surface area (Å²) in [5, 5.41) is -0.672. The second kappa shape index (κ2) is 4.47. The fourth-order valence-electron chi connectivity index (χ4n) is 2.93. The van der Waals surface area contributed by atoms with E-state index in [9.17, 15) is 13.0 Å². The maximum absolute atomic E-state index is 11.3. The number of hydrogen-bond donors (Lipinski definition) is 1. The number of methoxy groups -OCH3 is 1. The van der Waals surface area contributed by atoms with Gasteiger partial charge in [-0.1, -0.05) is 0 Å². The third-order valence-corrected chi connectivity index (χ3v) is 4.91. The van der Waals surface area contributed by atoms with E-state index in [0.717, 1.165) is 36.8 Å². The Morgan fingerprint density at radius 3 is 2.38 bits per heavy atom. The molecule has 0 fully saturated rings. The summed E-state index contributed by atoms with van der Waals surface area (Å²) in [4.78, 5) is 0. The van der Waals surface area contributed by atoms with Gasteiger partial charge in [0.15, 0.2) is 0 Å². The lowest BCUT2D eigenvalue weighted by Crippen LogP contribution is -2.34. The molecular weight excluding hydrogens is 228 g/mol. The van der Waals surface area contributed by atoms with E-state index in [2.05, 4.69) is 0 Å². The lowest BCUT2D eigenvalue weighted by Gasteiger charge is -2.34. The molecule has 0 radical (unpaired) electrons. The van der Waals surface area contributed by atoms with Crippen LogP contribution in [-0.2, 0) is 14.9 Å². The molecule has 2 unspecified atom stereocenters. The van der Waals surface area contributed by atoms with E-state index in [1.54, 1.807) is 7.11 Å². The smallest absolute Gasteiger partial charge is 0.271 e. The van der Waals surface area contributed by atoms with Crippen LogP contribution >= 0.6 is 0 Å². The monoisotopic (exact) mass is 246 g/mol. The van der Waals surface area contributed by atoms with Crippen LogP contribution in [0.25, 0.3) is 0 Å². The zero-order chi connectivity index (χ0) is 11.8. The molecule has 0 saturated heterocycles. The molecule has 0 spiro atoms. The van der Waals surface area contributed by atoms with Crippen LogP contribution in [0.5, 0.6) is 0 Å². The molecule has 16 heavy (non-hydrogen) atoms. The first kappa shape index (κ1) is 12.1. The third-order valence-electron chi connectivity index (χ3n) is 3.67. The van der Waals surface area contributed by atoms with Crippen molar-refractivity contribution in [3.8, 4) is 0 Å². The molecule has 4 nitrogen and oxygen atoms in total. The molecule has 2 rings (SSSR count). The second-order valence-corrected chi connectivity index (χ2v) is 6.16. The molecule has 0 aromatic carbocycles. The molecular formula is C11H18O4S. The van der Waals surface area contributed by atoms with Crippen LogP contribution < -0.4 is 0 Å². The van der Waals surface area contributed by atoms with Gasteiger partial charge in [0.2, 0.25) is 0 Å². The largest absolute Gasteiger partial charge is 0.377 e. The van der Waals surface area contributed by atoms with Crippen LogP contribution in [0.1, 0.15) is 38.5 Å². The molecule has 0 aromatic heterocycles. The molecule has 0 heterocycles. The van der Waals surface area contributed by atoms with Crippen LogP contribution in [0, 0.1) is 0 Å². The fourth-order valence-corrected chi connectivity index (χ4v) is 3.99. The zero-order valence-electron chi connectivity index (χ0n) is 9.48. The van der Waals surface area contributed by atoms with Gasteiger partial charge in [0.1, 0.15) is 5.25 Å². The SMILES string of the molecule is COC1CCC(S(=O)(=O)O)C2=C1CCCC2. The number of rotatable bonds is 2. The molecule has 5 heteroatoms. The summed E-state index contributed by atoms with van der Waals surface area (Å²) in [5.41, 5.74) is 2.05. The maximum Gasteiger partial charge on any atom is 0.271 e. The van der Waals surface area contributed by atoms with Gasteiger partial charge in [-0.25, -0.2) is 0 Å². The first-order valence-corrected chi connectivity index (χ1v) is 7.25. The standard InChI is InChI=1S/C11H18O4S/c1-15-10-6-7-11(16(12,13)14)9-5-3-2-4-8(9)10/h10-11H,2-7H2,1H3,(H,12,13,14). The Labute approximate surface area is 96.4 Å². The van der Waals surface area contributed by atoms with Crippen molar-refractivity contribution >= 4 is 10.1 Å². The van der Waals surface area contributed by atoms with Crippen molar-refractivity contribution in [3.63, 3.8) is 0 Å². The third kappa shape index (κ3) is 2.17. The summed E-state index contributed by atoms with van der Waals surface area (Å²) >= 11 is 0. The van der Waals surface area contributed by atoms with E-state index >= 15 is 0 Å². The molecule has 2 aliphatic carbocycles. The number of hydrogen-bond acceptors (Lipinski definition) is 3. The van der Waals surface area contributed by atoms with Crippen LogP contribution in [0.4, 0.5) is 0 Å². The van der Waals surface area contributed by atoms with Gasteiger partial charge in [0, 0.05) is 7.11 Å². The predicted octanol–water partition coefficient (Wildman–Crippen LogP) is 1.92. The highest BCUT2D eigenvalue weighted by atomic mass is 32.2. The van der Waals surface area contributed by atoms with E-state index in [1.165, 1.54) is 0 Å². The van der Waals surface area contributed by atoms with Gasteiger partial charge in [0.25, 0.3) is 10.1 Å². The Balaban J connectivity index is 2.39. The fraction of sp³-hybridized carbons (Fsp3) is 0.818. The van der Waals surface area contributed by atoms with Gasteiger partial charge >= 0.3 is 0 Å². The Morgan fingerprint density at radius 2 is 1.81 bits per heavy atom. The predicted molar refractivity (Wildman–Crippen MR) is 60.9 cm³/mol. The van der Waals surface area contributed by atoms with Gasteiger partial charge < -0.3 is 4.74 Å². The highest BCUT2D eigenvalue weighted by Gasteiger charge is 2.37. The van der Waals surface area contributed by atoms with Crippen molar-refractivity contribution < 1.29 is 17.7 Å². The maximum atomic E-state index is 11.3. The average Bonchev–Trinajstić information content (AvgIpc) is 2.26. The van der Waals surface area contributed by atoms with E-state index in [-0.39, 0.29) is 6.10 Å². The summed E-state index contributed by atoms with van der Waals surface area (Å²) < 4.78 is 37.3. The minimum atomic E-state index is -3.94. The van der Waals surface area contributed by atoms with Crippen LogP contribution in [0.2, 0.25) is 0 Å². The molecule has 0 aromatic rings. The van der Waals surface area contributed by atoms with Gasteiger partial charge in [-0.15, -0.1) is 0 Å². The van der Waals surface area contributed by atoms with Gasteiger partial charge in [-0.05, 0) is 49.7 Å². The molecule has 0 saturated carbocycles. The average molecular weight is 246 g/mol. The minimum absolute atomic E-state index is 0.0632. The molecule has 1 N–H and O–H groups in total. The highest BCUT2D eigenvalue weighted by Crippen LogP contribution is 2.39. The van der Waals surface area contributed by atoms with Crippen molar-refractivity contribution in [2.75, 3.05) is 7.11 Å². The Morgan fingerprint density at radius 1 is 1.19 bits per heavy atom. The van der Waals surface area contributed by atoms with Gasteiger partial charge in [0.05, 0.1) is 6.10 Å². The van der Waals surface area contributed by atoms with Crippen molar-refractivity contribution in [2.45, 2.75) is 49.9 Å². The Bertz CT molecular complexity index is 396. The van der Waals surface area contributed by atoms with E-state index in [4.69, 9.17) is 4.74 Å². The molecule has 92 valence electrons. The molecule has 2 atom stereocenters. The molecule has 0 aliphatic heterocycles. The van der Waals surface area contributed by atoms with E-state index < -0.39 is 15.4 Å². The quantitative estimate of drug-likeness (QED) is 0.597. The zero-order valence-corrected chi connectivity index (χ0v) is 10.3. The molecule has 0 bridgehead atoms. The normalized spacial score (nSPS) is 31.4.